The minimum atomic E-state index is -1.56. The summed E-state index contributed by atoms with van der Waals surface area (Å²) in [6.45, 7) is -0.165. The van der Waals surface area contributed by atoms with Crippen LogP contribution < -0.4 is 5.73 Å². The molecule has 0 aromatic carbocycles. The van der Waals surface area contributed by atoms with Crippen LogP contribution in [0, 0.1) is 0 Å². The quantitative estimate of drug-likeness (QED) is 0.639. The molecule has 0 aliphatic carbocycles. The second kappa shape index (κ2) is 4.41. The van der Waals surface area contributed by atoms with Gasteiger partial charge < -0.3 is 15.6 Å². The molecule has 1 saturated heterocycles. The van der Waals surface area contributed by atoms with Crippen molar-refractivity contribution < 1.29 is 28.4 Å². The van der Waals surface area contributed by atoms with Gasteiger partial charge in [-0.05, 0) is 0 Å². The zero-order chi connectivity index (χ0) is 13.4. The Morgan fingerprint density at radius 3 is 2.72 bits per heavy atom. The number of rotatable bonds is 4. The molecule has 2 aliphatic heterocycles. The highest BCUT2D eigenvalue weighted by molar-refractivity contribution is 7.90. The Morgan fingerprint density at radius 2 is 2.22 bits per heavy atom. The van der Waals surface area contributed by atoms with Crippen LogP contribution in [0.4, 0.5) is 4.79 Å². The second-order valence-corrected chi connectivity index (χ2v) is 5.35. The molecule has 2 atom stereocenters. The number of nitrogens with zero attached hydrogens (tertiary/aromatic N) is 1. The number of fused-ring (bicyclic) bond motifs is 1. The van der Waals surface area contributed by atoms with E-state index in [1.165, 1.54) is 0 Å². The molecule has 2 aliphatic rings. The fourth-order valence-electron chi connectivity index (χ4n) is 1.91. The Balaban J connectivity index is 2.19. The van der Waals surface area contributed by atoms with Crippen molar-refractivity contribution in [3.63, 3.8) is 0 Å². The van der Waals surface area contributed by atoms with E-state index in [0.29, 0.717) is 0 Å². The lowest BCUT2D eigenvalue weighted by Gasteiger charge is -2.33. The largest absolute Gasteiger partial charge is 0.477 e. The zero-order valence-corrected chi connectivity index (χ0v) is 9.94. The van der Waals surface area contributed by atoms with Crippen LogP contribution in [-0.2, 0) is 25.1 Å². The number of carbonyl (C=O) groups excluding carboxylic acids is 2. The minimum Gasteiger partial charge on any atom is -0.477 e. The van der Waals surface area contributed by atoms with Gasteiger partial charge in [0.1, 0.15) is 11.1 Å². The van der Waals surface area contributed by atoms with Gasteiger partial charge in [0.25, 0.3) is 0 Å². The van der Waals surface area contributed by atoms with Crippen LogP contribution in [0.1, 0.15) is 12.8 Å². The summed E-state index contributed by atoms with van der Waals surface area (Å²) < 4.78 is 16.4. The lowest BCUT2D eigenvalue weighted by atomic mass is 10.1. The van der Waals surface area contributed by atoms with E-state index < -0.39 is 28.2 Å². The van der Waals surface area contributed by atoms with Crippen LogP contribution >= 0.6 is 0 Å². The Morgan fingerprint density at radius 1 is 1.56 bits per heavy atom. The standard InChI is InChI=1S/C9H10N2O6S/c10-9(15)17-2-1-4-7(8(13)14)11-5(12)3-6(11)18(4)16/h6H,1-3H2,(H2,10,15)(H,13,14). The summed E-state index contributed by atoms with van der Waals surface area (Å²) in [7, 11) is -1.56. The summed E-state index contributed by atoms with van der Waals surface area (Å²) in [6.07, 6.45) is -0.934. The Kier molecular flexibility index (Phi) is 3.07. The van der Waals surface area contributed by atoms with E-state index in [0.717, 1.165) is 4.90 Å². The molecule has 2 unspecified atom stereocenters. The average molecular weight is 274 g/mol. The number of primary amides is 1. The molecular formula is C9H10N2O6S. The third-order valence-corrected chi connectivity index (χ3v) is 4.43. The predicted molar refractivity (Wildman–Crippen MR) is 58.2 cm³/mol. The molecule has 0 saturated carbocycles. The van der Waals surface area contributed by atoms with Crippen molar-refractivity contribution in [2.24, 2.45) is 5.73 Å². The highest BCUT2D eigenvalue weighted by Gasteiger charge is 2.52. The third-order valence-electron chi connectivity index (χ3n) is 2.68. The molecule has 0 aromatic heterocycles. The summed E-state index contributed by atoms with van der Waals surface area (Å²) in [6, 6.07) is 0. The average Bonchev–Trinajstić information content (AvgIpc) is 2.48. The molecule has 1 fully saturated rings. The van der Waals surface area contributed by atoms with Gasteiger partial charge in [-0.3, -0.25) is 13.9 Å². The molecule has 0 aromatic rings. The van der Waals surface area contributed by atoms with E-state index in [1.54, 1.807) is 0 Å². The number of hydrogen-bond acceptors (Lipinski definition) is 5. The number of β-lactam (4-membered cyclic amide) rings is 1. The van der Waals surface area contributed by atoms with Crippen molar-refractivity contribution in [1.29, 1.82) is 0 Å². The Bertz CT molecular complexity index is 499. The van der Waals surface area contributed by atoms with Gasteiger partial charge in [-0.1, -0.05) is 0 Å². The van der Waals surface area contributed by atoms with E-state index in [9.17, 15) is 18.6 Å². The van der Waals surface area contributed by atoms with Crippen molar-refractivity contribution >= 4 is 28.8 Å². The first-order valence-corrected chi connectivity index (χ1v) is 6.26. The molecule has 2 amide bonds. The van der Waals surface area contributed by atoms with Crippen molar-refractivity contribution in [2.75, 3.05) is 6.61 Å². The van der Waals surface area contributed by atoms with Crippen LogP contribution in [-0.4, -0.2) is 44.2 Å². The van der Waals surface area contributed by atoms with Gasteiger partial charge in [0.2, 0.25) is 5.91 Å². The summed E-state index contributed by atoms with van der Waals surface area (Å²) in [5.74, 6) is -1.68. The maximum atomic E-state index is 11.9. The van der Waals surface area contributed by atoms with Gasteiger partial charge in [0.15, 0.2) is 0 Å². The second-order valence-electron chi connectivity index (χ2n) is 3.71. The van der Waals surface area contributed by atoms with Gasteiger partial charge in [0.05, 0.1) is 28.7 Å². The van der Waals surface area contributed by atoms with Crippen LogP contribution in [0.5, 0.6) is 0 Å². The summed E-state index contributed by atoms with van der Waals surface area (Å²) in [4.78, 5) is 33.9. The van der Waals surface area contributed by atoms with E-state index in [4.69, 9.17) is 10.8 Å². The predicted octanol–water partition coefficient (Wildman–Crippen LogP) is -0.911. The number of hydrogen-bond donors (Lipinski definition) is 2. The van der Waals surface area contributed by atoms with E-state index >= 15 is 0 Å². The van der Waals surface area contributed by atoms with Gasteiger partial charge in [-0.15, -0.1) is 0 Å². The number of aliphatic carboxylic acids is 1. The maximum absolute atomic E-state index is 11.9. The van der Waals surface area contributed by atoms with Crippen LogP contribution in [0.25, 0.3) is 0 Å². The summed E-state index contributed by atoms with van der Waals surface area (Å²) >= 11 is 0. The molecule has 3 N–H and O–H groups in total. The van der Waals surface area contributed by atoms with Gasteiger partial charge >= 0.3 is 12.1 Å². The SMILES string of the molecule is NC(=O)OCCC1=C(C(=O)O)N2C(=O)CC2S1=O. The fourth-order valence-corrected chi connectivity index (χ4v) is 3.60. The molecule has 2 heterocycles. The first-order valence-electron chi connectivity index (χ1n) is 5.04. The normalized spacial score (nSPS) is 25.8. The number of ether oxygens (including phenoxy) is 1. The number of carboxylic acid groups (broad SMARTS) is 1. The molecule has 18 heavy (non-hydrogen) atoms. The topological polar surface area (TPSA) is 127 Å². The van der Waals surface area contributed by atoms with Crippen molar-refractivity contribution in [3.05, 3.63) is 10.6 Å². The molecule has 9 heteroatoms. The lowest BCUT2D eigenvalue weighted by molar-refractivity contribution is -0.145. The van der Waals surface area contributed by atoms with Gasteiger partial charge in [0, 0.05) is 6.42 Å². The number of carboxylic acids is 1. The first-order chi connectivity index (χ1) is 8.43. The van der Waals surface area contributed by atoms with E-state index in [-0.39, 0.29) is 36.0 Å². The first kappa shape index (κ1) is 12.6. The highest BCUT2D eigenvalue weighted by Crippen LogP contribution is 2.39. The van der Waals surface area contributed by atoms with Crippen LogP contribution in [0.3, 0.4) is 0 Å². The molecule has 8 nitrogen and oxygen atoms in total. The lowest BCUT2D eigenvalue weighted by Crippen LogP contribution is -2.51. The number of nitrogens with two attached hydrogens (primary N) is 1. The molecule has 2 rings (SSSR count). The van der Waals surface area contributed by atoms with Crippen molar-refractivity contribution in [3.8, 4) is 0 Å². The van der Waals surface area contributed by atoms with E-state index in [2.05, 4.69) is 4.74 Å². The molecule has 0 spiro atoms. The summed E-state index contributed by atoms with van der Waals surface area (Å²) in [5.41, 5.74) is 4.50. The number of amides is 2. The van der Waals surface area contributed by atoms with Crippen LogP contribution in [0.2, 0.25) is 0 Å². The Labute approximate surface area is 104 Å². The monoisotopic (exact) mass is 274 g/mol. The molecule has 0 radical (unpaired) electrons. The Hall–Kier alpha value is -1.90. The molecule has 0 bridgehead atoms. The highest BCUT2D eigenvalue weighted by atomic mass is 32.2. The van der Waals surface area contributed by atoms with E-state index in [1.807, 2.05) is 0 Å². The summed E-state index contributed by atoms with van der Waals surface area (Å²) in [5, 5.41) is 8.44. The van der Waals surface area contributed by atoms with Crippen molar-refractivity contribution in [1.82, 2.24) is 4.90 Å². The minimum absolute atomic E-state index is 0.0164. The third kappa shape index (κ3) is 1.86. The number of carbonyl (C=O) groups is 3. The smallest absolute Gasteiger partial charge is 0.404 e. The van der Waals surface area contributed by atoms with Gasteiger partial charge in [-0.25, -0.2) is 9.59 Å². The zero-order valence-electron chi connectivity index (χ0n) is 9.12. The molecule has 98 valence electrons. The van der Waals surface area contributed by atoms with Crippen LogP contribution in [0.15, 0.2) is 10.6 Å². The van der Waals surface area contributed by atoms with Crippen molar-refractivity contribution in [2.45, 2.75) is 18.2 Å². The maximum Gasteiger partial charge on any atom is 0.404 e. The fraction of sp³-hybridized carbons (Fsp3) is 0.444. The van der Waals surface area contributed by atoms with Gasteiger partial charge in [-0.2, -0.15) is 0 Å². The molecular weight excluding hydrogens is 264 g/mol.